The Labute approximate surface area is 125 Å². The number of nitrogens with one attached hydrogen (secondary N) is 1. The van der Waals surface area contributed by atoms with Crippen molar-refractivity contribution in [3.8, 4) is 0 Å². The van der Waals surface area contributed by atoms with Crippen LogP contribution in [-0.2, 0) is 0 Å². The van der Waals surface area contributed by atoms with Gasteiger partial charge in [-0.05, 0) is 18.2 Å². The van der Waals surface area contributed by atoms with Crippen molar-refractivity contribution < 1.29 is 18.7 Å². The first-order chi connectivity index (χ1) is 10.6. The summed E-state index contributed by atoms with van der Waals surface area (Å²) in [6, 6.07) is 9.43. The van der Waals surface area contributed by atoms with Crippen molar-refractivity contribution in [3.05, 3.63) is 70.5 Å². The molecule has 1 atom stereocenters. The molecule has 0 saturated carbocycles. The average molecular weight is 299 g/mol. The molecule has 3 aromatic rings. The van der Waals surface area contributed by atoms with E-state index in [1.165, 1.54) is 12.5 Å². The van der Waals surface area contributed by atoms with E-state index in [4.69, 9.17) is 8.83 Å². The predicted octanol–water partition coefficient (Wildman–Crippen LogP) is 1.85. The first-order valence-electron chi connectivity index (χ1n) is 6.66. The first kappa shape index (κ1) is 14.1. The third-order valence-electron chi connectivity index (χ3n) is 3.24. The van der Waals surface area contributed by atoms with Crippen molar-refractivity contribution in [3.63, 3.8) is 0 Å². The second-order valence-corrected chi connectivity index (χ2v) is 4.75. The molecule has 2 aromatic heterocycles. The molecule has 0 radical (unpaired) electrons. The van der Waals surface area contributed by atoms with Crippen LogP contribution in [-0.4, -0.2) is 17.6 Å². The highest BCUT2D eigenvalue weighted by Crippen LogP contribution is 2.13. The van der Waals surface area contributed by atoms with E-state index in [2.05, 4.69) is 5.32 Å². The Kier molecular flexibility index (Phi) is 3.76. The van der Waals surface area contributed by atoms with E-state index in [1.807, 2.05) is 0 Å². The standard InChI is InChI=1S/C16H13NO5/c18-12-7-15(22-14-4-2-1-3-11(12)14)16(20)17-8-13(19)10-5-6-21-9-10/h1-7,9,13,19H,8H2,(H,17,20)/t13-/m1/s1. The molecule has 0 unspecified atom stereocenters. The maximum absolute atomic E-state index is 12.0. The van der Waals surface area contributed by atoms with Crippen LogP contribution in [0.4, 0.5) is 0 Å². The van der Waals surface area contributed by atoms with Gasteiger partial charge >= 0.3 is 0 Å². The molecule has 112 valence electrons. The van der Waals surface area contributed by atoms with Crippen LogP contribution in [0, 0.1) is 0 Å². The van der Waals surface area contributed by atoms with Gasteiger partial charge < -0.3 is 19.3 Å². The number of aliphatic hydroxyl groups is 1. The molecule has 0 aliphatic rings. The fraction of sp³-hybridized carbons (Fsp3) is 0.125. The van der Waals surface area contributed by atoms with E-state index < -0.39 is 12.0 Å². The number of para-hydroxylation sites is 1. The Morgan fingerprint density at radius 1 is 1.27 bits per heavy atom. The van der Waals surface area contributed by atoms with Gasteiger partial charge in [0.15, 0.2) is 11.2 Å². The van der Waals surface area contributed by atoms with Crippen LogP contribution < -0.4 is 10.7 Å². The van der Waals surface area contributed by atoms with Crippen LogP contribution in [0.15, 0.2) is 62.6 Å². The lowest BCUT2D eigenvalue weighted by Crippen LogP contribution is -2.28. The van der Waals surface area contributed by atoms with E-state index in [1.54, 1.807) is 30.3 Å². The van der Waals surface area contributed by atoms with Gasteiger partial charge in [-0.25, -0.2) is 0 Å². The minimum absolute atomic E-state index is 0.0189. The predicted molar refractivity (Wildman–Crippen MR) is 78.5 cm³/mol. The maximum Gasteiger partial charge on any atom is 0.287 e. The summed E-state index contributed by atoms with van der Waals surface area (Å²) in [6.45, 7) is -0.0189. The largest absolute Gasteiger partial charge is 0.472 e. The summed E-state index contributed by atoms with van der Waals surface area (Å²) in [6.07, 6.45) is 1.94. The third-order valence-corrected chi connectivity index (χ3v) is 3.24. The average Bonchev–Trinajstić information content (AvgIpc) is 3.06. The van der Waals surface area contributed by atoms with E-state index in [0.717, 1.165) is 6.07 Å². The summed E-state index contributed by atoms with van der Waals surface area (Å²) in [5.74, 6) is -0.659. The highest BCUT2D eigenvalue weighted by Gasteiger charge is 2.15. The molecule has 3 rings (SSSR count). The van der Waals surface area contributed by atoms with Crippen LogP contribution in [0.1, 0.15) is 22.2 Å². The molecule has 0 fully saturated rings. The Balaban J connectivity index is 1.76. The molecule has 6 heteroatoms. The van der Waals surface area contributed by atoms with E-state index >= 15 is 0 Å². The monoisotopic (exact) mass is 299 g/mol. The fourth-order valence-electron chi connectivity index (χ4n) is 2.07. The number of carbonyl (C=O) groups excluding carboxylic acids is 1. The molecule has 2 heterocycles. The van der Waals surface area contributed by atoms with Gasteiger partial charge in [0, 0.05) is 18.2 Å². The number of furan rings is 1. The highest BCUT2D eigenvalue weighted by atomic mass is 16.3. The van der Waals surface area contributed by atoms with Crippen LogP contribution in [0.5, 0.6) is 0 Å². The molecule has 6 nitrogen and oxygen atoms in total. The van der Waals surface area contributed by atoms with Crippen LogP contribution >= 0.6 is 0 Å². The minimum atomic E-state index is -0.894. The van der Waals surface area contributed by atoms with E-state index in [0.29, 0.717) is 16.5 Å². The molecule has 0 bridgehead atoms. The molecular weight excluding hydrogens is 286 g/mol. The number of aliphatic hydroxyl groups excluding tert-OH is 1. The van der Waals surface area contributed by atoms with Gasteiger partial charge in [-0.3, -0.25) is 9.59 Å². The fourth-order valence-corrected chi connectivity index (χ4v) is 2.07. The highest BCUT2D eigenvalue weighted by molar-refractivity contribution is 5.93. The molecule has 0 aliphatic carbocycles. The molecule has 0 saturated heterocycles. The van der Waals surface area contributed by atoms with Gasteiger partial charge in [-0.1, -0.05) is 12.1 Å². The van der Waals surface area contributed by atoms with E-state index in [-0.39, 0.29) is 17.7 Å². The lowest BCUT2D eigenvalue weighted by atomic mass is 10.2. The second kappa shape index (κ2) is 5.87. The summed E-state index contributed by atoms with van der Waals surface area (Å²) in [5, 5.41) is 12.8. The van der Waals surface area contributed by atoms with Crippen LogP contribution in [0.3, 0.4) is 0 Å². The van der Waals surface area contributed by atoms with Gasteiger partial charge in [0.1, 0.15) is 5.58 Å². The Hall–Kier alpha value is -2.86. The zero-order chi connectivity index (χ0) is 15.5. The zero-order valence-corrected chi connectivity index (χ0v) is 11.5. The lowest BCUT2D eigenvalue weighted by Gasteiger charge is -2.09. The topological polar surface area (TPSA) is 92.7 Å². The van der Waals surface area contributed by atoms with Crippen LogP contribution in [0.25, 0.3) is 11.0 Å². The molecule has 1 aromatic carbocycles. The Morgan fingerprint density at radius 3 is 2.86 bits per heavy atom. The molecule has 22 heavy (non-hydrogen) atoms. The quantitative estimate of drug-likeness (QED) is 0.767. The number of benzene rings is 1. The van der Waals surface area contributed by atoms with Crippen molar-refractivity contribution in [2.24, 2.45) is 0 Å². The minimum Gasteiger partial charge on any atom is -0.472 e. The molecule has 0 spiro atoms. The van der Waals surface area contributed by atoms with Gasteiger partial charge in [-0.2, -0.15) is 0 Å². The Morgan fingerprint density at radius 2 is 2.09 bits per heavy atom. The van der Waals surface area contributed by atoms with Gasteiger partial charge in [0.2, 0.25) is 0 Å². The summed E-state index contributed by atoms with van der Waals surface area (Å²) in [4.78, 5) is 24.0. The third kappa shape index (κ3) is 2.77. The first-order valence-corrected chi connectivity index (χ1v) is 6.66. The van der Waals surface area contributed by atoms with Gasteiger partial charge in [-0.15, -0.1) is 0 Å². The van der Waals surface area contributed by atoms with E-state index in [9.17, 15) is 14.7 Å². The van der Waals surface area contributed by atoms with Crippen molar-refractivity contribution in [1.29, 1.82) is 0 Å². The van der Waals surface area contributed by atoms with Gasteiger partial charge in [0.25, 0.3) is 5.91 Å². The van der Waals surface area contributed by atoms with Gasteiger partial charge in [0.05, 0.1) is 24.0 Å². The number of amides is 1. The Bertz CT molecular complexity index is 850. The number of rotatable bonds is 4. The lowest BCUT2D eigenvalue weighted by molar-refractivity contribution is 0.0889. The summed E-state index contributed by atoms with van der Waals surface area (Å²) in [7, 11) is 0. The number of carbonyl (C=O) groups is 1. The van der Waals surface area contributed by atoms with Crippen molar-refractivity contribution in [2.75, 3.05) is 6.54 Å². The van der Waals surface area contributed by atoms with Crippen molar-refractivity contribution in [2.45, 2.75) is 6.10 Å². The zero-order valence-electron chi connectivity index (χ0n) is 11.5. The molecule has 1 amide bonds. The summed E-state index contributed by atoms with van der Waals surface area (Å²) >= 11 is 0. The maximum atomic E-state index is 12.0. The van der Waals surface area contributed by atoms with Crippen molar-refractivity contribution in [1.82, 2.24) is 5.32 Å². The smallest absolute Gasteiger partial charge is 0.287 e. The molecular formula is C16H13NO5. The number of hydrogen-bond donors (Lipinski definition) is 2. The molecule has 0 aliphatic heterocycles. The molecule has 2 N–H and O–H groups in total. The summed E-state index contributed by atoms with van der Waals surface area (Å²) in [5.41, 5.74) is 0.609. The SMILES string of the molecule is O=C(NC[C@@H](O)c1ccoc1)c1cc(=O)c2ccccc2o1. The van der Waals surface area contributed by atoms with Crippen molar-refractivity contribution >= 4 is 16.9 Å². The van der Waals surface area contributed by atoms with Crippen LogP contribution in [0.2, 0.25) is 0 Å². The number of hydrogen-bond acceptors (Lipinski definition) is 5. The second-order valence-electron chi connectivity index (χ2n) is 4.75. The summed E-state index contributed by atoms with van der Waals surface area (Å²) < 4.78 is 10.3. The normalized spacial score (nSPS) is 12.2. The number of fused-ring (bicyclic) bond motifs is 1.